The van der Waals surface area contributed by atoms with Crippen LogP contribution < -0.4 is 0 Å². The molecule has 2 heteroatoms. The minimum Gasteiger partial charge on any atom is -0.370 e. The van der Waals surface area contributed by atoms with Crippen molar-refractivity contribution in [2.75, 3.05) is 13.1 Å². The van der Waals surface area contributed by atoms with Crippen LogP contribution in [0.4, 0.5) is 0 Å². The maximum absolute atomic E-state index is 3.99. The minimum atomic E-state index is 0.846. The van der Waals surface area contributed by atoms with Gasteiger partial charge in [0.25, 0.3) is 0 Å². The lowest BCUT2D eigenvalue weighted by Crippen LogP contribution is -2.16. The number of pyridine rings is 1. The van der Waals surface area contributed by atoms with Gasteiger partial charge in [0.2, 0.25) is 0 Å². The van der Waals surface area contributed by atoms with Crippen molar-refractivity contribution < 1.29 is 0 Å². The van der Waals surface area contributed by atoms with Crippen LogP contribution in [-0.4, -0.2) is 23.0 Å². The summed E-state index contributed by atoms with van der Waals surface area (Å²) in [6, 6.07) is 4.05. The van der Waals surface area contributed by atoms with Crippen molar-refractivity contribution in [2.24, 2.45) is 0 Å². The molecule has 0 spiro atoms. The van der Waals surface area contributed by atoms with Gasteiger partial charge < -0.3 is 4.90 Å². The van der Waals surface area contributed by atoms with Crippen molar-refractivity contribution in [3.05, 3.63) is 67.7 Å². The Morgan fingerprint density at radius 3 is 2.31 bits per heavy atom. The van der Waals surface area contributed by atoms with Gasteiger partial charge in [-0.05, 0) is 30.3 Å². The molecule has 1 aromatic heterocycles. The summed E-state index contributed by atoms with van der Waals surface area (Å²) < 4.78 is 0. The molecule has 0 unspecified atom stereocenters. The number of hydrogen-bond donors (Lipinski definition) is 0. The number of rotatable bonds is 7. The van der Waals surface area contributed by atoms with Crippen molar-refractivity contribution in [1.82, 2.24) is 9.88 Å². The molecule has 16 heavy (non-hydrogen) atoms. The van der Waals surface area contributed by atoms with E-state index in [2.05, 4.69) is 35.3 Å². The highest BCUT2D eigenvalue weighted by Gasteiger charge is 1.92. The standard InChI is InChI=1S/C14H18N2/c1-3-11-16(12-4-2)13-5-6-14-7-9-15-10-8-14/h3-5,7-10,13H,1-2,6,11-12H2. The summed E-state index contributed by atoms with van der Waals surface area (Å²) in [5.41, 5.74) is 1.27. The fourth-order valence-electron chi connectivity index (χ4n) is 1.38. The van der Waals surface area contributed by atoms with E-state index in [1.54, 1.807) is 0 Å². The molecule has 2 nitrogen and oxygen atoms in total. The smallest absolute Gasteiger partial charge is 0.0354 e. The van der Waals surface area contributed by atoms with Gasteiger partial charge in [-0.25, -0.2) is 0 Å². The van der Waals surface area contributed by atoms with Crippen LogP contribution in [-0.2, 0) is 6.42 Å². The van der Waals surface area contributed by atoms with Gasteiger partial charge in [0.15, 0.2) is 0 Å². The van der Waals surface area contributed by atoms with Crippen molar-refractivity contribution in [3.63, 3.8) is 0 Å². The SMILES string of the molecule is C=CCN(C=CCc1ccncc1)CC=C. The van der Waals surface area contributed by atoms with E-state index >= 15 is 0 Å². The predicted octanol–water partition coefficient (Wildman–Crippen LogP) is 2.81. The van der Waals surface area contributed by atoms with Crippen LogP contribution >= 0.6 is 0 Å². The van der Waals surface area contributed by atoms with Gasteiger partial charge in [-0.2, -0.15) is 0 Å². The number of allylic oxidation sites excluding steroid dienone is 1. The summed E-state index contributed by atoms with van der Waals surface area (Å²) in [6.07, 6.45) is 12.6. The first-order valence-electron chi connectivity index (χ1n) is 5.38. The van der Waals surface area contributed by atoms with Crippen molar-refractivity contribution in [1.29, 1.82) is 0 Å². The molecule has 0 aliphatic heterocycles. The topological polar surface area (TPSA) is 16.1 Å². The van der Waals surface area contributed by atoms with E-state index in [0.717, 1.165) is 19.5 Å². The lowest BCUT2D eigenvalue weighted by molar-refractivity contribution is 0.461. The van der Waals surface area contributed by atoms with Crippen LogP contribution in [0.1, 0.15) is 5.56 Å². The zero-order valence-corrected chi connectivity index (χ0v) is 9.55. The molecule has 1 rings (SSSR count). The van der Waals surface area contributed by atoms with Crippen molar-refractivity contribution in [2.45, 2.75) is 6.42 Å². The summed E-state index contributed by atoms with van der Waals surface area (Å²) in [7, 11) is 0. The van der Waals surface area contributed by atoms with Crippen LogP contribution in [0.5, 0.6) is 0 Å². The monoisotopic (exact) mass is 214 g/mol. The quantitative estimate of drug-likeness (QED) is 0.649. The zero-order valence-electron chi connectivity index (χ0n) is 9.55. The fraction of sp³-hybridized carbons (Fsp3) is 0.214. The molecule has 1 heterocycles. The molecule has 0 atom stereocenters. The highest BCUT2D eigenvalue weighted by atomic mass is 15.1. The molecule has 1 aromatic rings. The van der Waals surface area contributed by atoms with E-state index in [1.807, 2.05) is 36.7 Å². The summed E-state index contributed by atoms with van der Waals surface area (Å²) in [4.78, 5) is 6.14. The van der Waals surface area contributed by atoms with E-state index in [4.69, 9.17) is 0 Å². The van der Waals surface area contributed by atoms with E-state index in [0.29, 0.717) is 0 Å². The molecule has 0 radical (unpaired) electrons. The number of hydrogen-bond acceptors (Lipinski definition) is 2. The molecule has 0 aliphatic rings. The molecule has 0 bridgehead atoms. The van der Waals surface area contributed by atoms with Crippen molar-refractivity contribution in [3.8, 4) is 0 Å². The molecule has 0 saturated carbocycles. The molecule has 0 fully saturated rings. The molecule has 0 N–H and O–H groups in total. The number of nitrogens with zero attached hydrogens (tertiary/aromatic N) is 2. The van der Waals surface area contributed by atoms with E-state index in [1.165, 1.54) is 5.56 Å². The van der Waals surface area contributed by atoms with Gasteiger partial charge in [0.05, 0.1) is 0 Å². The van der Waals surface area contributed by atoms with Gasteiger partial charge >= 0.3 is 0 Å². The lowest BCUT2D eigenvalue weighted by atomic mass is 10.2. The first-order valence-corrected chi connectivity index (χ1v) is 5.38. The van der Waals surface area contributed by atoms with Gasteiger partial charge in [-0.1, -0.05) is 18.2 Å². The van der Waals surface area contributed by atoms with Gasteiger partial charge in [0.1, 0.15) is 0 Å². The molecule has 0 aromatic carbocycles. The van der Waals surface area contributed by atoms with Crippen molar-refractivity contribution >= 4 is 0 Å². The summed E-state index contributed by atoms with van der Waals surface area (Å²) in [5.74, 6) is 0. The largest absolute Gasteiger partial charge is 0.370 e. The first kappa shape index (κ1) is 12.2. The van der Waals surface area contributed by atoms with E-state index < -0.39 is 0 Å². The summed E-state index contributed by atoms with van der Waals surface area (Å²) >= 11 is 0. The average molecular weight is 214 g/mol. The maximum atomic E-state index is 3.99. The van der Waals surface area contributed by atoms with E-state index in [9.17, 15) is 0 Å². The molecule has 0 saturated heterocycles. The second kappa shape index (κ2) is 7.46. The zero-order chi connectivity index (χ0) is 11.6. The summed E-state index contributed by atoms with van der Waals surface area (Å²) in [5, 5.41) is 0. The first-order chi connectivity index (χ1) is 7.86. The average Bonchev–Trinajstić information content (AvgIpc) is 2.31. The second-order valence-corrected chi connectivity index (χ2v) is 3.48. The Bertz CT molecular complexity index is 331. The fourth-order valence-corrected chi connectivity index (χ4v) is 1.38. The van der Waals surface area contributed by atoms with Crippen LogP contribution in [0.2, 0.25) is 0 Å². The maximum Gasteiger partial charge on any atom is 0.0354 e. The van der Waals surface area contributed by atoms with Crippen LogP contribution in [0.15, 0.2) is 62.1 Å². The Morgan fingerprint density at radius 2 is 1.75 bits per heavy atom. The third kappa shape index (κ3) is 4.60. The third-order valence-corrected chi connectivity index (χ3v) is 2.15. The molecule has 84 valence electrons. The highest BCUT2D eigenvalue weighted by Crippen LogP contribution is 1.99. The van der Waals surface area contributed by atoms with Gasteiger partial charge in [0, 0.05) is 25.5 Å². The van der Waals surface area contributed by atoms with Gasteiger partial charge in [-0.15, -0.1) is 13.2 Å². The Balaban J connectivity index is 2.45. The third-order valence-electron chi connectivity index (χ3n) is 2.15. The van der Waals surface area contributed by atoms with Gasteiger partial charge in [-0.3, -0.25) is 4.98 Å². The Morgan fingerprint density at radius 1 is 1.12 bits per heavy atom. The Labute approximate surface area is 97.6 Å². The predicted molar refractivity (Wildman–Crippen MR) is 69.0 cm³/mol. The molecular formula is C14H18N2. The van der Waals surface area contributed by atoms with Crippen LogP contribution in [0, 0.1) is 0 Å². The molecular weight excluding hydrogens is 196 g/mol. The Kier molecular flexibility index (Phi) is 5.71. The van der Waals surface area contributed by atoms with Crippen LogP contribution in [0.3, 0.4) is 0 Å². The number of aromatic nitrogens is 1. The minimum absolute atomic E-state index is 0.846. The van der Waals surface area contributed by atoms with Crippen LogP contribution in [0.25, 0.3) is 0 Å². The Hall–Kier alpha value is -1.83. The lowest BCUT2D eigenvalue weighted by Gasteiger charge is -2.15. The highest BCUT2D eigenvalue weighted by molar-refractivity contribution is 5.13. The molecule has 0 aliphatic carbocycles. The second-order valence-electron chi connectivity index (χ2n) is 3.48. The summed E-state index contributed by atoms with van der Waals surface area (Å²) in [6.45, 7) is 9.15. The van der Waals surface area contributed by atoms with E-state index in [-0.39, 0.29) is 0 Å². The normalized spacial score (nSPS) is 10.2. The molecule has 0 amide bonds.